The van der Waals surface area contributed by atoms with Crippen molar-refractivity contribution in [1.29, 1.82) is 5.26 Å². The van der Waals surface area contributed by atoms with E-state index >= 15 is 0 Å². The van der Waals surface area contributed by atoms with E-state index in [-0.39, 0.29) is 36.6 Å². The maximum atomic E-state index is 12.0. The van der Waals surface area contributed by atoms with Crippen molar-refractivity contribution in [3.05, 3.63) is 58.7 Å². The quantitative estimate of drug-likeness (QED) is 0.162. The molecule has 2 heterocycles. The molecule has 2 N–H and O–H groups in total. The third-order valence-corrected chi connectivity index (χ3v) is 13.2. The van der Waals surface area contributed by atoms with E-state index in [1.165, 1.54) is 98.3 Å². The van der Waals surface area contributed by atoms with E-state index in [0.717, 1.165) is 83.2 Å². The molecule has 0 bridgehead atoms. The van der Waals surface area contributed by atoms with Crippen LogP contribution in [0.5, 0.6) is 0 Å². The van der Waals surface area contributed by atoms with E-state index in [2.05, 4.69) is 94.3 Å². The summed E-state index contributed by atoms with van der Waals surface area (Å²) >= 11 is 0. The van der Waals surface area contributed by atoms with Crippen molar-refractivity contribution in [2.24, 2.45) is 11.8 Å². The summed E-state index contributed by atoms with van der Waals surface area (Å²) < 4.78 is 5.02. The maximum Gasteiger partial charge on any atom is 0.221 e. The molecule has 342 valence electrons. The topological polar surface area (TPSA) is 104 Å². The van der Waals surface area contributed by atoms with Crippen molar-refractivity contribution >= 4 is 48.0 Å². The highest BCUT2D eigenvalue weighted by Gasteiger charge is 2.26. The number of carbonyl (C=O) groups is 2. The Morgan fingerprint density at radius 3 is 1.34 bits per heavy atom. The molecule has 61 heavy (non-hydrogen) atoms. The fraction of sp³-hybridized carbons (Fsp3) is 0.694. The molecule has 12 heteroatoms. The highest BCUT2D eigenvalue weighted by atomic mass is 35.5. The molecule has 2 aromatic rings. The number of hydrogen-bond donors (Lipinski definition) is 2. The SMILES string of the molecule is COCCCC(=O)NC1CCC(CCN2CCN(c3cc(C)cc(C)c3)CC2)CC1.Cc1cc(C)cc(N2CCN(CCC3CCC(NC(=O)CCC#N)CC3)CC2)c1.Cl.Cl. The van der Waals surface area contributed by atoms with Crippen LogP contribution in [0, 0.1) is 50.9 Å². The predicted octanol–water partition coefficient (Wildman–Crippen LogP) is 8.56. The number of aryl methyl sites for hydroxylation is 4. The highest BCUT2D eigenvalue weighted by Crippen LogP contribution is 2.29. The van der Waals surface area contributed by atoms with Gasteiger partial charge in [0.1, 0.15) is 0 Å². The molecule has 4 fully saturated rings. The Kier molecular flexibility index (Phi) is 23.9. The van der Waals surface area contributed by atoms with Crippen molar-refractivity contribution in [2.45, 2.75) is 130 Å². The van der Waals surface area contributed by atoms with Crippen LogP contribution in [-0.2, 0) is 14.3 Å². The van der Waals surface area contributed by atoms with Gasteiger partial charge in [-0.05, 0) is 170 Å². The number of carbonyl (C=O) groups excluding carboxylic acids is 2. The Morgan fingerprint density at radius 1 is 0.607 bits per heavy atom. The van der Waals surface area contributed by atoms with Gasteiger partial charge in [0.2, 0.25) is 11.8 Å². The van der Waals surface area contributed by atoms with Gasteiger partial charge in [-0.15, -0.1) is 24.8 Å². The normalized spacial score (nSPS) is 22.1. The first-order valence-electron chi connectivity index (χ1n) is 23.1. The number of anilines is 2. The van der Waals surface area contributed by atoms with Crippen molar-refractivity contribution in [3.8, 4) is 6.07 Å². The lowest BCUT2D eigenvalue weighted by molar-refractivity contribution is -0.123. The van der Waals surface area contributed by atoms with Crippen molar-refractivity contribution < 1.29 is 14.3 Å². The van der Waals surface area contributed by atoms with Gasteiger partial charge in [-0.1, -0.05) is 12.1 Å². The maximum absolute atomic E-state index is 12.0. The summed E-state index contributed by atoms with van der Waals surface area (Å²) in [7, 11) is 1.68. The second-order valence-electron chi connectivity index (χ2n) is 18.3. The zero-order valence-electron chi connectivity index (χ0n) is 38.2. The van der Waals surface area contributed by atoms with E-state index in [4.69, 9.17) is 10.00 Å². The van der Waals surface area contributed by atoms with Crippen LogP contribution >= 0.6 is 24.8 Å². The smallest absolute Gasteiger partial charge is 0.221 e. The molecule has 6 rings (SSSR count). The second kappa shape index (κ2) is 27.9. The molecule has 2 aromatic carbocycles. The van der Waals surface area contributed by atoms with Crippen molar-refractivity contribution in [2.75, 3.05) is 89.0 Å². The van der Waals surface area contributed by atoms with Crippen LogP contribution in [0.15, 0.2) is 36.4 Å². The molecule has 0 unspecified atom stereocenters. The molecular weight excluding hydrogens is 805 g/mol. The first kappa shape index (κ1) is 52.3. The van der Waals surface area contributed by atoms with Crippen LogP contribution < -0.4 is 20.4 Å². The molecule has 0 radical (unpaired) electrons. The molecule has 0 spiro atoms. The van der Waals surface area contributed by atoms with Gasteiger partial charge in [0.25, 0.3) is 0 Å². The zero-order chi connectivity index (χ0) is 42.0. The third-order valence-electron chi connectivity index (χ3n) is 13.2. The number of nitrogens with zero attached hydrogens (tertiary/aromatic N) is 5. The average molecular weight is 885 g/mol. The largest absolute Gasteiger partial charge is 0.385 e. The van der Waals surface area contributed by atoms with Gasteiger partial charge in [-0.2, -0.15) is 5.26 Å². The molecule has 2 amide bonds. The van der Waals surface area contributed by atoms with Crippen LogP contribution in [0.3, 0.4) is 0 Å². The van der Waals surface area contributed by atoms with Crippen LogP contribution in [0.25, 0.3) is 0 Å². The monoisotopic (exact) mass is 884 g/mol. The second-order valence-corrected chi connectivity index (χ2v) is 18.3. The molecule has 2 aliphatic heterocycles. The number of ether oxygens (including phenoxy) is 1. The first-order valence-corrected chi connectivity index (χ1v) is 23.1. The first-order chi connectivity index (χ1) is 28.6. The van der Waals surface area contributed by atoms with E-state index in [1.54, 1.807) is 7.11 Å². The van der Waals surface area contributed by atoms with Gasteiger partial charge in [-0.25, -0.2) is 0 Å². The number of halogens is 2. The summed E-state index contributed by atoms with van der Waals surface area (Å²) in [5.41, 5.74) is 8.16. The Morgan fingerprint density at radius 2 is 0.984 bits per heavy atom. The third kappa shape index (κ3) is 18.7. The standard InChI is InChI=1S/C25H41N3O2.C24H36N4O.2ClH/c1-20-17-21(2)19-24(18-20)28-14-12-27(13-15-28)11-10-22-6-8-23(9-7-22)26-25(29)5-4-16-30-3;1-19-16-20(2)18-23(17-19)28-14-12-27(13-15-28)11-9-21-5-7-22(8-6-21)26-24(29)4-3-10-25;;/h17-19,22-23H,4-16H2,1-3H3,(H,26,29);16-18,21-22H,3-9,11-15H2,1-2H3,(H,26,29);2*1H. The summed E-state index contributed by atoms with van der Waals surface area (Å²) in [5.74, 6) is 1.85. The number of hydrogen-bond acceptors (Lipinski definition) is 8. The number of rotatable bonds is 16. The number of nitrogens with one attached hydrogen (secondary N) is 2. The molecule has 2 aliphatic carbocycles. The molecule has 2 saturated heterocycles. The Bertz CT molecular complexity index is 1580. The number of amides is 2. The molecule has 4 aliphatic rings. The summed E-state index contributed by atoms with van der Waals surface area (Å²) in [6.07, 6.45) is 14.0. The number of benzene rings is 2. The lowest BCUT2D eigenvalue weighted by Crippen LogP contribution is -2.47. The number of piperazine rings is 2. The van der Waals surface area contributed by atoms with Gasteiger partial charge in [-0.3, -0.25) is 19.4 Å². The predicted molar refractivity (Wildman–Crippen MR) is 257 cm³/mol. The fourth-order valence-electron chi connectivity index (χ4n) is 9.79. The van der Waals surface area contributed by atoms with Crippen LogP contribution in [0.1, 0.15) is 112 Å². The van der Waals surface area contributed by atoms with Gasteiger partial charge in [0.05, 0.1) is 6.07 Å². The zero-order valence-corrected chi connectivity index (χ0v) is 39.9. The molecule has 0 aromatic heterocycles. The molecular formula is C49H79Cl2N7O3. The number of nitriles is 1. The molecule has 2 saturated carbocycles. The van der Waals surface area contributed by atoms with E-state index < -0.39 is 0 Å². The summed E-state index contributed by atoms with van der Waals surface area (Å²) in [6.45, 7) is 20.9. The van der Waals surface area contributed by atoms with Crippen molar-refractivity contribution in [1.82, 2.24) is 20.4 Å². The van der Waals surface area contributed by atoms with E-state index in [1.807, 2.05) is 6.07 Å². The summed E-state index contributed by atoms with van der Waals surface area (Å²) in [5, 5.41) is 14.9. The minimum atomic E-state index is 0. The van der Waals surface area contributed by atoms with Crippen molar-refractivity contribution in [3.63, 3.8) is 0 Å². The molecule has 0 atom stereocenters. The Labute approximate surface area is 381 Å². The van der Waals surface area contributed by atoms with Gasteiger partial charge in [0, 0.05) is 109 Å². The van der Waals surface area contributed by atoms with E-state index in [9.17, 15) is 9.59 Å². The van der Waals surface area contributed by atoms with Crippen LogP contribution in [-0.4, -0.2) is 113 Å². The van der Waals surface area contributed by atoms with Crippen LogP contribution in [0.2, 0.25) is 0 Å². The highest BCUT2D eigenvalue weighted by molar-refractivity contribution is 5.85. The summed E-state index contributed by atoms with van der Waals surface area (Å²) in [6, 6.07) is 16.5. The fourth-order valence-corrected chi connectivity index (χ4v) is 9.79. The van der Waals surface area contributed by atoms with Gasteiger partial charge in [0.15, 0.2) is 0 Å². The minimum absolute atomic E-state index is 0. The van der Waals surface area contributed by atoms with E-state index in [0.29, 0.717) is 38.0 Å². The average Bonchev–Trinajstić information content (AvgIpc) is 3.22. The Hall–Kier alpha value is -3.07. The Balaban J connectivity index is 0.000000315. The lowest BCUT2D eigenvalue weighted by atomic mass is 9.84. The lowest BCUT2D eigenvalue weighted by Gasteiger charge is -2.37. The minimum Gasteiger partial charge on any atom is -0.385 e. The number of methoxy groups -OCH3 is 1. The summed E-state index contributed by atoms with van der Waals surface area (Å²) in [4.78, 5) is 34.1. The van der Waals surface area contributed by atoms with Gasteiger partial charge < -0.3 is 25.2 Å². The van der Waals surface area contributed by atoms with Gasteiger partial charge >= 0.3 is 0 Å². The molecule has 10 nitrogen and oxygen atoms in total. The van der Waals surface area contributed by atoms with Crippen LogP contribution in [0.4, 0.5) is 11.4 Å².